The van der Waals surface area contributed by atoms with E-state index in [4.69, 9.17) is 11.6 Å². The van der Waals surface area contributed by atoms with E-state index in [0.717, 1.165) is 22.5 Å². The molecule has 2 rings (SSSR count). The van der Waals surface area contributed by atoms with Crippen molar-refractivity contribution < 1.29 is 0 Å². The van der Waals surface area contributed by atoms with Crippen molar-refractivity contribution in [2.24, 2.45) is 0 Å². The zero-order valence-corrected chi connectivity index (χ0v) is 9.74. The van der Waals surface area contributed by atoms with Gasteiger partial charge in [-0.05, 0) is 43.1 Å². The fourth-order valence-electron chi connectivity index (χ4n) is 1.85. The van der Waals surface area contributed by atoms with Crippen molar-refractivity contribution in [1.29, 1.82) is 0 Å². The summed E-state index contributed by atoms with van der Waals surface area (Å²) >= 11 is 9.69. The lowest BCUT2D eigenvalue weighted by molar-refractivity contribution is 0.539. The fourth-order valence-corrected chi connectivity index (χ4v) is 2.82. The quantitative estimate of drug-likeness (QED) is 0.755. The van der Waals surface area contributed by atoms with Crippen LogP contribution in [0.25, 0.3) is 0 Å². The van der Waals surface area contributed by atoms with Gasteiger partial charge in [0.1, 0.15) is 0 Å². The van der Waals surface area contributed by atoms with Crippen LogP contribution in [0.5, 0.6) is 0 Å². The Morgan fingerprint density at radius 2 is 2.31 bits per heavy atom. The van der Waals surface area contributed by atoms with Gasteiger partial charge in [0.25, 0.3) is 0 Å². The van der Waals surface area contributed by atoms with Crippen LogP contribution in [-0.4, -0.2) is 6.54 Å². The minimum Gasteiger partial charge on any atom is -0.310 e. The maximum atomic E-state index is 6.13. The minimum absolute atomic E-state index is 0.400. The van der Waals surface area contributed by atoms with Crippen LogP contribution in [0, 0.1) is 0 Å². The highest BCUT2D eigenvalue weighted by Crippen LogP contribution is 2.34. The van der Waals surface area contributed by atoms with Crippen LogP contribution in [0.15, 0.2) is 16.6 Å². The van der Waals surface area contributed by atoms with Crippen molar-refractivity contribution in [2.75, 3.05) is 6.54 Å². The standard InChI is InChI=1S/C10H11BrClN/c1-6-10-7(4-5-13-6)9(12)3-2-8(10)11/h2-3,6,13H,4-5H2,1H3. The molecule has 0 saturated carbocycles. The molecule has 1 heterocycles. The first kappa shape index (κ1) is 9.50. The van der Waals surface area contributed by atoms with Crippen LogP contribution in [0.1, 0.15) is 24.1 Å². The molecule has 1 unspecified atom stereocenters. The van der Waals surface area contributed by atoms with Gasteiger partial charge in [0.15, 0.2) is 0 Å². The van der Waals surface area contributed by atoms with Gasteiger partial charge in [0.05, 0.1) is 0 Å². The van der Waals surface area contributed by atoms with Gasteiger partial charge >= 0.3 is 0 Å². The van der Waals surface area contributed by atoms with Crippen molar-refractivity contribution in [3.63, 3.8) is 0 Å². The molecule has 0 bridgehead atoms. The van der Waals surface area contributed by atoms with E-state index in [9.17, 15) is 0 Å². The van der Waals surface area contributed by atoms with E-state index in [0.29, 0.717) is 6.04 Å². The summed E-state index contributed by atoms with van der Waals surface area (Å²) in [6.07, 6.45) is 1.03. The first-order valence-corrected chi connectivity index (χ1v) is 5.57. The highest BCUT2D eigenvalue weighted by Gasteiger charge is 2.20. The van der Waals surface area contributed by atoms with Crippen molar-refractivity contribution >= 4 is 27.5 Å². The van der Waals surface area contributed by atoms with E-state index in [2.05, 4.69) is 28.2 Å². The molecule has 0 aliphatic carbocycles. The molecule has 0 aromatic heterocycles. The van der Waals surface area contributed by atoms with E-state index in [1.54, 1.807) is 0 Å². The Morgan fingerprint density at radius 1 is 1.54 bits per heavy atom. The van der Waals surface area contributed by atoms with Gasteiger partial charge < -0.3 is 5.32 Å². The third-order valence-electron chi connectivity index (χ3n) is 2.51. The van der Waals surface area contributed by atoms with Crippen LogP contribution in [-0.2, 0) is 6.42 Å². The second-order valence-electron chi connectivity index (χ2n) is 3.35. The number of hydrogen-bond donors (Lipinski definition) is 1. The topological polar surface area (TPSA) is 12.0 Å². The third kappa shape index (κ3) is 1.63. The Labute approximate surface area is 91.6 Å². The molecule has 0 amide bonds. The lowest BCUT2D eigenvalue weighted by atomic mass is 9.95. The van der Waals surface area contributed by atoms with Gasteiger partial charge in [-0.1, -0.05) is 27.5 Å². The smallest absolute Gasteiger partial charge is 0.0442 e. The first-order chi connectivity index (χ1) is 6.20. The molecule has 1 aliphatic rings. The summed E-state index contributed by atoms with van der Waals surface area (Å²) in [7, 11) is 0. The molecule has 1 N–H and O–H groups in total. The van der Waals surface area contributed by atoms with Gasteiger partial charge in [-0.2, -0.15) is 0 Å². The predicted octanol–water partition coefficient (Wildman–Crippen LogP) is 3.31. The molecular formula is C10H11BrClN. The van der Waals surface area contributed by atoms with Crippen LogP contribution in [0.2, 0.25) is 5.02 Å². The van der Waals surface area contributed by atoms with Crippen molar-refractivity contribution in [3.05, 3.63) is 32.8 Å². The lowest BCUT2D eigenvalue weighted by Gasteiger charge is -2.25. The summed E-state index contributed by atoms with van der Waals surface area (Å²) in [6, 6.07) is 4.38. The molecule has 1 aromatic carbocycles. The molecule has 1 atom stereocenters. The van der Waals surface area contributed by atoms with Crippen molar-refractivity contribution in [2.45, 2.75) is 19.4 Å². The number of halogens is 2. The van der Waals surface area contributed by atoms with Crippen LogP contribution in [0.4, 0.5) is 0 Å². The second kappa shape index (κ2) is 3.60. The van der Waals surface area contributed by atoms with Gasteiger partial charge in [0.2, 0.25) is 0 Å². The van der Waals surface area contributed by atoms with E-state index in [-0.39, 0.29) is 0 Å². The van der Waals surface area contributed by atoms with E-state index < -0.39 is 0 Å². The van der Waals surface area contributed by atoms with E-state index in [1.165, 1.54) is 11.1 Å². The summed E-state index contributed by atoms with van der Waals surface area (Å²) in [5.74, 6) is 0. The van der Waals surface area contributed by atoms with E-state index in [1.807, 2.05) is 12.1 Å². The van der Waals surface area contributed by atoms with Crippen molar-refractivity contribution in [1.82, 2.24) is 5.32 Å². The lowest BCUT2D eigenvalue weighted by Crippen LogP contribution is -2.28. The molecule has 1 nitrogen and oxygen atoms in total. The molecule has 0 radical (unpaired) electrons. The third-order valence-corrected chi connectivity index (χ3v) is 3.55. The normalized spacial score (nSPS) is 21.3. The molecule has 0 fully saturated rings. The van der Waals surface area contributed by atoms with Crippen molar-refractivity contribution in [3.8, 4) is 0 Å². The first-order valence-electron chi connectivity index (χ1n) is 4.40. The summed E-state index contributed by atoms with van der Waals surface area (Å²) in [5, 5.41) is 4.31. The van der Waals surface area contributed by atoms with E-state index >= 15 is 0 Å². The maximum Gasteiger partial charge on any atom is 0.0442 e. The predicted molar refractivity (Wildman–Crippen MR) is 59.3 cm³/mol. The summed E-state index contributed by atoms with van der Waals surface area (Å²) in [6.45, 7) is 3.18. The van der Waals surface area contributed by atoms with Gasteiger partial charge in [-0.3, -0.25) is 0 Å². The molecule has 1 aliphatic heterocycles. The Morgan fingerprint density at radius 3 is 3.00 bits per heavy atom. The Kier molecular flexibility index (Phi) is 2.63. The highest BCUT2D eigenvalue weighted by molar-refractivity contribution is 9.10. The fraction of sp³-hybridized carbons (Fsp3) is 0.400. The Hall–Kier alpha value is -0.0500. The summed E-state index contributed by atoms with van der Waals surface area (Å²) < 4.78 is 1.16. The Balaban J connectivity index is 2.60. The average Bonchev–Trinajstić information content (AvgIpc) is 2.12. The maximum absolute atomic E-state index is 6.13. The minimum atomic E-state index is 0.400. The van der Waals surface area contributed by atoms with Crippen LogP contribution >= 0.6 is 27.5 Å². The second-order valence-corrected chi connectivity index (χ2v) is 4.61. The SMILES string of the molecule is CC1NCCc2c(Cl)ccc(Br)c21. The summed E-state index contributed by atoms with van der Waals surface area (Å²) in [5.41, 5.74) is 2.61. The molecule has 3 heteroatoms. The van der Waals surface area contributed by atoms with Crippen LogP contribution < -0.4 is 5.32 Å². The molecule has 13 heavy (non-hydrogen) atoms. The number of fused-ring (bicyclic) bond motifs is 1. The summed E-state index contributed by atoms with van der Waals surface area (Å²) in [4.78, 5) is 0. The molecule has 1 aromatic rings. The molecule has 70 valence electrons. The largest absolute Gasteiger partial charge is 0.310 e. The number of rotatable bonds is 0. The molecule has 0 spiro atoms. The average molecular weight is 261 g/mol. The number of nitrogens with one attached hydrogen (secondary N) is 1. The van der Waals surface area contributed by atoms with Gasteiger partial charge in [0, 0.05) is 15.5 Å². The number of benzene rings is 1. The number of hydrogen-bond acceptors (Lipinski definition) is 1. The van der Waals surface area contributed by atoms with Gasteiger partial charge in [-0.25, -0.2) is 0 Å². The highest BCUT2D eigenvalue weighted by atomic mass is 79.9. The zero-order chi connectivity index (χ0) is 9.42. The molecular weight excluding hydrogens is 249 g/mol. The Bertz CT molecular complexity index is 338. The van der Waals surface area contributed by atoms with Gasteiger partial charge in [-0.15, -0.1) is 0 Å². The van der Waals surface area contributed by atoms with Crippen LogP contribution in [0.3, 0.4) is 0 Å². The monoisotopic (exact) mass is 259 g/mol. The molecule has 0 saturated heterocycles. The zero-order valence-electron chi connectivity index (χ0n) is 7.40.